The van der Waals surface area contributed by atoms with Crippen LogP contribution >= 0.6 is 0 Å². The molecule has 7 heteroatoms. The van der Waals surface area contributed by atoms with Crippen molar-refractivity contribution in [3.05, 3.63) is 23.8 Å². The van der Waals surface area contributed by atoms with Gasteiger partial charge in [-0.2, -0.15) is 0 Å². The van der Waals surface area contributed by atoms with Crippen LogP contribution in [-0.4, -0.2) is 44.8 Å². The number of benzene rings is 1. The molecular formula is C17H24N2O4S. The lowest BCUT2D eigenvalue weighted by Gasteiger charge is -2.35. The molecule has 2 aliphatic rings. The Bertz CT molecular complexity index is 731. The fourth-order valence-corrected chi connectivity index (χ4v) is 4.23. The number of rotatable bonds is 6. The van der Waals surface area contributed by atoms with Crippen molar-refractivity contribution in [3.63, 3.8) is 0 Å². The van der Waals surface area contributed by atoms with E-state index in [0.717, 1.165) is 31.6 Å². The normalized spacial score (nSPS) is 19.3. The van der Waals surface area contributed by atoms with Crippen LogP contribution in [0.25, 0.3) is 0 Å². The number of piperidine rings is 1. The molecule has 1 saturated heterocycles. The Labute approximate surface area is 142 Å². The Hall–Kier alpha value is -1.60. The van der Waals surface area contributed by atoms with Crippen LogP contribution in [0.3, 0.4) is 0 Å². The van der Waals surface area contributed by atoms with E-state index in [-0.39, 0.29) is 11.5 Å². The van der Waals surface area contributed by atoms with Crippen LogP contribution in [0.2, 0.25) is 0 Å². The number of anilines is 2. The van der Waals surface area contributed by atoms with E-state index in [0.29, 0.717) is 16.7 Å². The highest BCUT2D eigenvalue weighted by molar-refractivity contribution is 7.92. The Morgan fingerprint density at radius 3 is 2.46 bits per heavy atom. The summed E-state index contributed by atoms with van der Waals surface area (Å²) in [5, 5.41) is 8.84. The zero-order valence-electron chi connectivity index (χ0n) is 13.9. The molecule has 6 nitrogen and oxygen atoms in total. The number of hydrogen-bond acceptors (Lipinski definition) is 5. The summed E-state index contributed by atoms with van der Waals surface area (Å²) in [6, 6.07) is 5.01. The topological polar surface area (TPSA) is 86.7 Å². The average molecular weight is 352 g/mol. The highest BCUT2D eigenvalue weighted by Crippen LogP contribution is 2.54. The first-order valence-corrected chi connectivity index (χ1v) is 10.0. The Kier molecular flexibility index (Phi) is 4.57. The lowest BCUT2D eigenvalue weighted by molar-refractivity contribution is 0.101. The summed E-state index contributed by atoms with van der Waals surface area (Å²) in [5.74, 6) is -0.371. The van der Waals surface area contributed by atoms with Crippen LogP contribution in [-0.2, 0) is 10.0 Å². The SMILES string of the molecule is CC(=O)c1ccc(NS(=O)(=O)CCO)cc1N1CCC2(CC1)CC2. The zero-order chi connectivity index (χ0) is 17.4. The van der Waals surface area contributed by atoms with E-state index in [1.165, 1.54) is 19.8 Å². The zero-order valence-corrected chi connectivity index (χ0v) is 14.7. The summed E-state index contributed by atoms with van der Waals surface area (Å²) < 4.78 is 26.2. The van der Waals surface area contributed by atoms with E-state index < -0.39 is 16.6 Å². The molecule has 3 rings (SSSR count). The van der Waals surface area contributed by atoms with Crippen molar-refractivity contribution in [1.29, 1.82) is 0 Å². The molecule has 2 N–H and O–H groups in total. The number of aliphatic hydroxyl groups excluding tert-OH is 1. The molecule has 24 heavy (non-hydrogen) atoms. The van der Waals surface area contributed by atoms with Gasteiger partial charge in [0.2, 0.25) is 10.0 Å². The number of Topliss-reactive ketones (excluding diaryl/α,β-unsaturated/α-hetero) is 1. The molecule has 1 aliphatic heterocycles. The predicted octanol–water partition coefficient (Wildman–Crippen LogP) is 2.00. The molecule has 132 valence electrons. The van der Waals surface area contributed by atoms with E-state index in [9.17, 15) is 13.2 Å². The molecule has 1 aliphatic carbocycles. The van der Waals surface area contributed by atoms with Crippen molar-refractivity contribution in [1.82, 2.24) is 0 Å². The Balaban J connectivity index is 1.85. The second-order valence-electron chi connectivity index (χ2n) is 6.92. The van der Waals surface area contributed by atoms with Gasteiger partial charge < -0.3 is 10.0 Å². The molecular weight excluding hydrogens is 328 g/mol. The molecule has 0 atom stereocenters. The third kappa shape index (κ3) is 3.72. The number of hydrogen-bond donors (Lipinski definition) is 2. The van der Waals surface area contributed by atoms with Gasteiger partial charge in [-0.15, -0.1) is 0 Å². The van der Waals surface area contributed by atoms with Gasteiger partial charge in [-0.25, -0.2) is 8.42 Å². The average Bonchev–Trinajstić information content (AvgIpc) is 3.26. The fraction of sp³-hybridized carbons (Fsp3) is 0.588. The summed E-state index contributed by atoms with van der Waals surface area (Å²) in [4.78, 5) is 14.1. The smallest absolute Gasteiger partial charge is 0.234 e. The van der Waals surface area contributed by atoms with Crippen LogP contribution in [0.4, 0.5) is 11.4 Å². The second kappa shape index (κ2) is 6.37. The maximum absolute atomic E-state index is 11.9. The minimum atomic E-state index is -3.58. The molecule has 0 bridgehead atoms. The molecule has 1 heterocycles. The summed E-state index contributed by atoms with van der Waals surface area (Å²) in [5.41, 5.74) is 2.37. The number of carbonyl (C=O) groups is 1. The summed E-state index contributed by atoms with van der Waals surface area (Å²) >= 11 is 0. The quantitative estimate of drug-likeness (QED) is 0.765. The highest BCUT2D eigenvalue weighted by Gasteiger charge is 2.44. The molecule has 0 aromatic heterocycles. The van der Waals surface area contributed by atoms with Crippen LogP contribution in [0.1, 0.15) is 43.0 Å². The van der Waals surface area contributed by atoms with Gasteiger partial charge in [0, 0.05) is 24.3 Å². The van der Waals surface area contributed by atoms with E-state index in [1.54, 1.807) is 18.2 Å². The van der Waals surface area contributed by atoms with Gasteiger partial charge in [0.05, 0.1) is 18.0 Å². The van der Waals surface area contributed by atoms with Gasteiger partial charge in [-0.1, -0.05) is 0 Å². The van der Waals surface area contributed by atoms with Gasteiger partial charge in [-0.3, -0.25) is 9.52 Å². The standard InChI is InChI=1S/C17H24N2O4S/c1-13(21)15-3-2-14(18-24(22,23)11-10-20)12-16(15)19-8-6-17(4-5-17)7-9-19/h2-3,12,18,20H,4-11H2,1H3. The van der Waals surface area contributed by atoms with Gasteiger partial charge >= 0.3 is 0 Å². The maximum Gasteiger partial charge on any atom is 0.234 e. The molecule has 1 spiro atoms. The van der Waals surface area contributed by atoms with Gasteiger partial charge in [0.1, 0.15) is 0 Å². The van der Waals surface area contributed by atoms with Gasteiger partial charge in [-0.05, 0) is 56.2 Å². The molecule has 2 fully saturated rings. The predicted molar refractivity (Wildman–Crippen MR) is 94.1 cm³/mol. The molecule has 1 aromatic rings. The number of carbonyl (C=O) groups excluding carboxylic acids is 1. The van der Waals surface area contributed by atoms with Crippen LogP contribution in [0, 0.1) is 5.41 Å². The fourth-order valence-electron chi connectivity index (χ4n) is 3.40. The number of sulfonamides is 1. The minimum absolute atomic E-state index is 0.0264. The first-order valence-electron chi connectivity index (χ1n) is 8.35. The molecule has 1 aromatic carbocycles. The van der Waals surface area contributed by atoms with Crippen molar-refractivity contribution in [2.45, 2.75) is 32.6 Å². The van der Waals surface area contributed by atoms with E-state index in [4.69, 9.17) is 5.11 Å². The van der Waals surface area contributed by atoms with Crippen molar-refractivity contribution >= 4 is 27.2 Å². The van der Waals surface area contributed by atoms with E-state index in [2.05, 4.69) is 9.62 Å². The lowest BCUT2D eigenvalue weighted by Crippen LogP contribution is -2.35. The molecule has 0 amide bonds. The number of nitrogens with zero attached hydrogens (tertiary/aromatic N) is 1. The van der Waals surface area contributed by atoms with Crippen molar-refractivity contribution < 1.29 is 18.3 Å². The summed E-state index contributed by atoms with van der Waals surface area (Å²) in [7, 11) is -3.58. The largest absolute Gasteiger partial charge is 0.395 e. The first kappa shape index (κ1) is 17.2. The van der Waals surface area contributed by atoms with Crippen LogP contribution in [0.5, 0.6) is 0 Å². The third-order valence-electron chi connectivity index (χ3n) is 5.13. The third-order valence-corrected chi connectivity index (χ3v) is 6.40. The van der Waals surface area contributed by atoms with E-state index in [1.807, 2.05) is 0 Å². The minimum Gasteiger partial charge on any atom is -0.395 e. The summed E-state index contributed by atoms with van der Waals surface area (Å²) in [6.07, 6.45) is 4.87. The Morgan fingerprint density at radius 2 is 1.92 bits per heavy atom. The van der Waals surface area contributed by atoms with Gasteiger partial charge in [0.25, 0.3) is 0 Å². The highest BCUT2D eigenvalue weighted by atomic mass is 32.2. The van der Waals surface area contributed by atoms with Crippen LogP contribution in [0.15, 0.2) is 18.2 Å². The molecule has 0 radical (unpaired) electrons. The monoisotopic (exact) mass is 352 g/mol. The number of nitrogens with one attached hydrogen (secondary N) is 1. The maximum atomic E-state index is 11.9. The van der Waals surface area contributed by atoms with Crippen molar-refractivity contribution in [2.75, 3.05) is 35.1 Å². The van der Waals surface area contributed by atoms with Gasteiger partial charge in [0.15, 0.2) is 5.78 Å². The van der Waals surface area contributed by atoms with Crippen molar-refractivity contribution in [2.24, 2.45) is 5.41 Å². The number of aliphatic hydroxyl groups is 1. The molecule has 0 unspecified atom stereocenters. The van der Waals surface area contributed by atoms with E-state index >= 15 is 0 Å². The van der Waals surface area contributed by atoms with Crippen LogP contribution < -0.4 is 9.62 Å². The summed E-state index contributed by atoms with van der Waals surface area (Å²) in [6.45, 7) is 2.89. The number of ketones is 1. The lowest BCUT2D eigenvalue weighted by atomic mass is 9.92. The Morgan fingerprint density at radius 1 is 1.25 bits per heavy atom. The second-order valence-corrected chi connectivity index (χ2v) is 8.76. The van der Waals surface area contributed by atoms with Crippen molar-refractivity contribution in [3.8, 4) is 0 Å². The molecule has 1 saturated carbocycles. The first-order chi connectivity index (χ1) is 11.3.